The van der Waals surface area contributed by atoms with E-state index in [1.165, 1.54) is 0 Å². The Morgan fingerprint density at radius 1 is 1.16 bits per heavy atom. The molecule has 0 aliphatic carbocycles. The summed E-state index contributed by atoms with van der Waals surface area (Å²) in [5, 5.41) is 9.43. The van der Waals surface area contributed by atoms with E-state index < -0.39 is 0 Å². The molecule has 0 bridgehead atoms. The average molecular weight is 253 g/mol. The molecule has 96 valence electrons. The molecule has 0 aliphatic rings. The third-order valence-electron chi connectivity index (χ3n) is 3.16. The molecule has 0 aliphatic heterocycles. The monoisotopic (exact) mass is 253 g/mol. The Hall–Kier alpha value is -2.33. The molecule has 1 heterocycles. The number of nitrogens with zero attached hydrogens (tertiary/aromatic N) is 1. The highest BCUT2D eigenvalue weighted by Gasteiger charge is 2.10. The van der Waals surface area contributed by atoms with Crippen molar-refractivity contribution >= 4 is 11.0 Å². The fraction of sp³-hybridized carbons (Fsp3) is 0.133. The van der Waals surface area contributed by atoms with Crippen LogP contribution in [0.4, 0.5) is 0 Å². The third-order valence-corrected chi connectivity index (χ3v) is 3.16. The molecule has 4 heteroatoms. The van der Waals surface area contributed by atoms with Gasteiger partial charge in [0.05, 0.1) is 11.0 Å². The molecule has 1 atom stereocenters. The predicted molar refractivity (Wildman–Crippen MR) is 74.8 cm³/mol. The number of aromatic nitrogens is 2. The van der Waals surface area contributed by atoms with Gasteiger partial charge in [0, 0.05) is 18.5 Å². The summed E-state index contributed by atoms with van der Waals surface area (Å²) in [4.78, 5) is 7.66. The van der Waals surface area contributed by atoms with Gasteiger partial charge < -0.3 is 15.8 Å². The summed E-state index contributed by atoms with van der Waals surface area (Å²) >= 11 is 0. The van der Waals surface area contributed by atoms with Gasteiger partial charge in [-0.3, -0.25) is 0 Å². The van der Waals surface area contributed by atoms with Gasteiger partial charge in [0.2, 0.25) is 0 Å². The molecule has 0 saturated carbocycles. The van der Waals surface area contributed by atoms with Crippen molar-refractivity contribution in [2.75, 3.05) is 0 Å². The standard InChI is InChI=1S/C15H15N3O/c16-12(10-4-2-1-3-5-10)9-15-17-13-7-6-11(19)8-14(13)18-15/h1-8,12,19H,9,16H2,(H,17,18). The largest absolute Gasteiger partial charge is 0.508 e. The topological polar surface area (TPSA) is 74.9 Å². The number of fused-ring (bicyclic) bond motifs is 1. The Morgan fingerprint density at radius 3 is 2.74 bits per heavy atom. The van der Waals surface area contributed by atoms with E-state index in [0.29, 0.717) is 6.42 Å². The molecule has 4 N–H and O–H groups in total. The van der Waals surface area contributed by atoms with Crippen LogP contribution in [0.2, 0.25) is 0 Å². The van der Waals surface area contributed by atoms with E-state index in [4.69, 9.17) is 5.73 Å². The number of hydrogen-bond acceptors (Lipinski definition) is 3. The van der Waals surface area contributed by atoms with Gasteiger partial charge in [-0.2, -0.15) is 0 Å². The molecule has 3 rings (SSSR count). The molecule has 0 saturated heterocycles. The number of imidazole rings is 1. The van der Waals surface area contributed by atoms with Gasteiger partial charge in [-0.25, -0.2) is 4.98 Å². The summed E-state index contributed by atoms with van der Waals surface area (Å²) in [6.07, 6.45) is 0.638. The number of nitrogens with one attached hydrogen (secondary N) is 1. The van der Waals surface area contributed by atoms with Crippen LogP contribution in [-0.2, 0) is 6.42 Å². The van der Waals surface area contributed by atoms with E-state index >= 15 is 0 Å². The van der Waals surface area contributed by atoms with Crippen molar-refractivity contribution in [3.63, 3.8) is 0 Å². The second-order valence-corrected chi connectivity index (χ2v) is 4.61. The minimum Gasteiger partial charge on any atom is -0.508 e. The normalized spacial score (nSPS) is 12.7. The summed E-state index contributed by atoms with van der Waals surface area (Å²) in [5.74, 6) is 1.06. The number of H-pyrrole nitrogens is 1. The average Bonchev–Trinajstić information content (AvgIpc) is 2.81. The molecule has 0 fully saturated rings. The number of phenolic OH excluding ortho intramolecular Hbond substituents is 1. The number of nitrogens with two attached hydrogens (primary N) is 1. The maximum Gasteiger partial charge on any atom is 0.117 e. The Kier molecular flexibility index (Phi) is 2.93. The summed E-state index contributed by atoms with van der Waals surface area (Å²) < 4.78 is 0. The van der Waals surface area contributed by atoms with Gasteiger partial charge in [-0.05, 0) is 17.7 Å². The summed E-state index contributed by atoms with van der Waals surface area (Å²) in [6, 6.07) is 15.0. The molecular formula is C15H15N3O. The minimum absolute atomic E-state index is 0.0876. The number of aromatic amines is 1. The van der Waals surface area contributed by atoms with Gasteiger partial charge in [0.1, 0.15) is 11.6 Å². The molecule has 0 radical (unpaired) electrons. The van der Waals surface area contributed by atoms with Crippen LogP contribution in [0.25, 0.3) is 11.0 Å². The number of aromatic hydroxyl groups is 1. The maximum atomic E-state index is 9.43. The van der Waals surface area contributed by atoms with Gasteiger partial charge in [-0.1, -0.05) is 30.3 Å². The number of hydrogen-bond donors (Lipinski definition) is 3. The highest BCUT2D eigenvalue weighted by molar-refractivity contribution is 5.76. The van der Waals surface area contributed by atoms with Crippen LogP contribution in [-0.4, -0.2) is 15.1 Å². The van der Waals surface area contributed by atoms with Gasteiger partial charge in [0.25, 0.3) is 0 Å². The Morgan fingerprint density at radius 2 is 1.95 bits per heavy atom. The highest BCUT2D eigenvalue weighted by atomic mass is 16.3. The third kappa shape index (κ3) is 2.44. The van der Waals surface area contributed by atoms with Crippen molar-refractivity contribution in [2.24, 2.45) is 5.73 Å². The van der Waals surface area contributed by atoms with Gasteiger partial charge in [0.15, 0.2) is 0 Å². The zero-order chi connectivity index (χ0) is 13.2. The van der Waals surface area contributed by atoms with E-state index in [1.807, 2.05) is 30.3 Å². The van der Waals surface area contributed by atoms with Crippen molar-refractivity contribution < 1.29 is 5.11 Å². The molecular weight excluding hydrogens is 238 g/mol. The first-order valence-corrected chi connectivity index (χ1v) is 6.20. The lowest BCUT2D eigenvalue weighted by Crippen LogP contribution is -2.13. The summed E-state index contributed by atoms with van der Waals surface area (Å²) in [5.41, 5.74) is 8.93. The van der Waals surface area contributed by atoms with Crippen LogP contribution in [0.3, 0.4) is 0 Å². The molecule has 0 spiro atoms. The zero-order valence-electron chi connectivity index (χ0n) is 10.4. The van der Waals surface area contributed by atoms with Crippen LogP contribution in [0.1, 0.15) is 17.4 Å². The van der Waals surface area contributed by atoms with E-state index in [9.17, 15) is 5.11 Å². The van der Waals surface area contributed by atoms with Crippen molar-refractivity contribution in [3.05, 3.63) is 59.9 Å². The zero-order valence-corrected chi connectivity index (χ0v) is 10.4. The molecule has 3 aromatic rings. The second-order valence-electron chi connectivity index (χ2n) is 4.61. The SMILES string of the molecule is NC(Cc1nc2ccc(O)cc2[nH]1)c1ccccc1. The first-order valence-electron chi connectivity index (χ1n) is 6.20. The van der Waals surface area contributed by atoms with E-state index in [1.54, 1.807) is 18.2 Å². The lowest BCUT2D eigenvalue weighted by molar-refractivity contribution is 0.476. The van der Waals surface area contributed by atoms with Crippen LogP contribution in [0, 0.1) is 0 Å². The summed E-state index contributed by atoms with van der Waals surface area (Å²) in [7, 11) is 0. The van der Waals surface area contributed by atoms with Crippen molar-refractivity contribution in [3.8, 4) is 5.75 Å². The fourth-order valence-corrected chi connectivity index (χ4v) is 2.17. The molecule has 1 unspecified atom stereocenters. The van der Waals surface area contributed by atoms with Crippen LogP contribution in [0.15, 0.2) is 48.5 Å². The molecule has 0 amide bonds. The summed E-state index contributed by atoms with van der Waals surface area (Å²) in [6.45, 7) is 0. The Bertz CT molecular complexity index is 691. The van der Waals surface area contributed by atoms with E-state index in [0.717, 1.165) is 22.4 Å². The van der Waals surface area contributed by atoms with Crippen LogP contribution in [0.5, 0.6) is 5.75 Å². The first kappa shape index (κ1) is 11.7. The van der Waals surface area contributed by atoms with E-state index in [2.05, 4.69) is 9.97 Å². The number of phenols is 1. The Balaban J connectivity index is 1.85. The van der Waals surface area contributed by atoms with Crippen LogP contribution < -0.4 is 5.73 Å². The number of rotatable bonds is 3. The van der Waals surface area contributed by atoms with Crippen molar-refractivity contribution in [1.29, 1.82) is 0 Å². The lowest BCUT2D eigenvalue weighted by Gasteiger charge is -2.09. The van der Waals surface area contributed by atoms with Crippen molar-refractivity contribution in [1.82, 2.24) is 9.97 Å². The molecule has 1 aromatic heterocycles. The van der Waals surface area contributed by atoms with Gasteiger partial charge >= 0.3 is 0 Å². The second kappa shape index (κ2) is 4.74. The number of benzene rings is 2. The van der Waals surface area contributed by atoms with E-state index in [-0.39, 0.29) is 11.8 Å². The van der Waals surface area contributed by atoms with Crippen molar-refractivity contribution in [2.45, 2.75) is 12.5 Å². The highest BCUT2D eigenvalue weighted by Crippen LogP contribution is 2.20. The van der Waals surface area contributed by atoms with Gasteiger partial charge in [-0.15, -0.1) is 0 Å². The fourth-order valence-electron chi connectivity index (χ4n) is 2.17. The molecule has 2 aromatic carbocycles. The Labute approximate surface area is 110 Å². The lowest BCUT2D eigenvalue weighted by atomic mass is 10.0. The predicted octanol–water partition coefficient (Wildman–Crippen LogP) is 2.51. The smallest absolute Gasteiger partial charge is 0.117 e. The quantitative estimate of drug-likeness (QED) is 0.671. The molecule has 4 nitrogen and oxygen atoms in total. The first-order chi connectivity index (χ1) is 9.22. The molecule has 19 heavy (non-hydrogen) atoms. The maximum absolute atomic E-state index is 9.43. The minimum atomic E-state index is -0.0876. The van der Waals surface area contributed by atoms with Crippen LogP contribution >= 0.6 is 0 Å².